The third-order valence-corrected chi connectivity index (χ3v) is 12.6. The highest BCUT2D eigenvalue weighted by Crippen LogP contribution is 2.41. The van der Waals surface area contributed by atoms with Crippen LogP contribution in [0.25, 0.3) is 117 Å². The predicted octanol–water partition coefficient (Wildman–Crippen LogP) is 16.3. The van der Waals surface area contributed by atoms with Gasteiger partial charge in [0.2, 0.25) is 5.95 Å². The highest BCUT2D eigenvalue weighted by molar-refractivity contribution is 6.11. The number of aromatic nitrogens is 4. The van der Waals surface area contributed by atoms with E-state index in [1.54, 1.807) is 0 Å². The number of benzene rings is 10. The lowest BCUT2D eigenvalue weighted by atomic mass is 9.92. The molecule has 0 aliphatic rings. The summed E-state index contributed by atoms with van der Waals surface area (Å²) >= 11 is 0. The van der Waals surface area contributed by atoms with Crippen LogP contribution in [0.5, 0.6) is 0 Å². The Bertz CT molecular complexity index is 3340. The van der Waals surface area contributed by atoms with Crippen LogP contribution in [-0.2, 0) is 0 Å². The van der Waals surface area contributed by atoms with Crippen molar-refractivity contribution < 1.29 is 0 Å². The number of hydrogen-bond acceptors (Lipinski definition) is 3. The Morgan fingerprint density at radius 2 is 0.478 bits per heavy atom. The van der Waals surface area contributed by atoms with Gasteiger partial charge in [-0.3, -0.25) is 4.57 Å². The van der Waals surface area contributed by atoms with Gasteiger partial charge in [0.15, 0.2) is 11.6 Å². The van der Waals surface area contributed by atoms with E-state index in [1.165, 1.54) is 44.5 Å². The minimum atomic E-state index is 0.558. The molecule has 12 aromatic rings. The van der Waals surface area contributed by atoms with Crippen LogP contribution in [0.2, 0.25) is 0 Å². The van der Waals surface area contributed by atoms with Crippen LogP contribution in [0.4, 0.5) is 0 Å². The molecule has 0 spiro atoms. The lowest BCUT2D eigenvalue weighted by molar-refractivity contribution is 0.953. The van der Waals surface area contributed by atoms with Crippen molar-refractivity contribution in [2.24, 2.45) is 0 Å². The number of hydrogen-bond donors (Lipinski definition) is 0. The van der Waals surface area contributed by atoms with Gasteiger partial charge < -0.3 is 0 Å². The Kier molecular flexibility index (Phi) is 10.2. The third-order valence-electron chi connectivity index (χ3n) is 12.6. The zero-order valence-electron chi connectivity index (χ0n) is 36.5. The summed E-state index contributed by atoms with van der Waals surface area (Å²) in [4.78, 5) is 15.6. The Morgan fingerprint density at radius 1 is 0.209 bits per heavy atom. The Balaban J connectivity index is 1.11. The monoisotopic (exact) mass is 854 g/mol. The number of rotatable bonds is 9. The summed E-state index contributed by atoms with van der Waals surface area (Å²) in [5, 5.41) is 2.21. The van der Waals surface area contributed by atoms with Crippen LogP contribution >= 0.6 is 0 Å². The first-order valence-corrected chi connectivity index (χ1v) is 22.7. The first-order valence-electron chi connectivity index (χ1n) is 22.7. The maximum atomic E-state index is 5.25. The van der Waals surface area contributed by atoms with Gasteiger partial charge in [0.1, 0.15) is 0 Å². The summed E-state index contributed by atoms with van der Waals surface area (Å²) in [6, 6.07) is 90.5. The molecule has 0 N–H and O–H groups in total. The number of nitrogens with zero attached hydrogens (tertiary/aromatic N) is 4. The van der Waals surface area contributed by atoms with Crippen LogP contribution in [0, 0.1) is 0 Å². The van der Waals surface area contributed by atoms with Crippen molar-refractivity contribution in [1.29, 1.82) is 0 Å². The molecule has 0 aliphatic carbocycles. The third kappa shape index (κ3) is 7.77. The van der Waals surface area contributed by atoms with Crippen molar-refractivity contribution in [2.45, 2.75) is 0 Å². The first-order chi connectivity index (χ1) is 33.2. The Hall–Kier alpha value is -8.99. The molecule has 0 bridgehead atoms. The van der Waals surface area contributed by atoms with Crippen LogP contribution in [0.15, 0.2) is 255 Å². The molecule has 0 saturated carbocycles. The summed E-state index contributed by atoms with van der Waals surface area (Å²) in [6.45, 7) is 0. The summed E-state index contributed by atoms with van der Waals surface area (Å²) in [7, 11) is 0. The SMILES string of the molecule is c1ccc(-c2cc(-c3ccccc3)cc(-c3ccc4c(c3)c3cc(-c5cc(-c6ccccc6)cc(-c6ccccc6)c5)ccc3n4-c3nc(-c4ccccc4)nc(-c4ccccc4)n3)c2)cc1. The lowest BCUT2D eigenvalue weighted by Crippen LogP contribution is -2.06. The van der Waals surface area contributed by atoms with Crippen molar-refractivity contribution in [3.63, 3.8) is 0 Å². The second-order valence-corrected chi connectivity index (χ2v) is 16.9. The van der Waals surface area contributed by atoms with E-state index in [0.29, 0.717) is 17.6 Å². The van der Waals surface area contributed by atoms with Gasteiger partial charge in [-0.15, -0.1) is 0 Å². The van der Waals surface area contributed by atoms with Gasteiger partial charge in [-0.1, -0.05) is 194 Å². The molecule has 10 aromatic carbocycles. The van der Waals surface area contributed by atoms with E-state index in [2.05, 4.69) is 223 Å². The van der Waals surface area contributed by atoms with E-state index in [4.69, 9.17) is 15.0 Å². The molecular weight excluding hydrogens is 813 g/mol. The molecule has 0 unspecified atom stereocenters. The van der Waals surface area contributed by atoms with Crippen LogP contribution in [0.1, 0.15) is 0 Å². The van der Waals surface area contributed by atoms with Crippen molar-refractivity contribution >= 4 is 21.8 Å². The zero-order chi connectivity index (χ0) is 44.5. The van der Waals surface area contributed by atoms with Crippen LogP contribution < -0.4 is 0 Å². The molecule has 0 amide bonds. The highest BCUT2D eigenvalue weighted by Gasteiger charge is 2.20. The molecule has 0 atom stereocenters. The molecule has 2 heterocycles. The lowest BCUT2D eigenvalue weighted by Gasteiger charge is -2.12. The fraction of sp³-hybridized carbons (Fsp3) is 0. The van der Waals surface area contributed by atoms with Gasteiger partial charge in [-0.05, 0) is 127 Å². The fourth-order valence-corrected chi connectivity index (χ4v) is 9.27. The summed E-state index contributed by atoms with van der Waals surface area (Å²) in [6.07, 6.45) is 0. The zero-order valence-corrected chi connectivity index (χ0v) is 36.5. The molecule has 67 heavy (non-hydrogen) atoms. The summed E-state index contributed by atoms with van der Waals surface area (Å²) < 4.78 is 2.21. The van der Waals surface area contributed by atoms with E-state index >= 15 is 0 Å². The van der Waals surface area contributed by atoms with Crippen molar-refractivity contribution in [1.82, 2.24) is 19.5 Å². The average molecular weight is 855 g/mol. The summed E-state index contributed by atoms with van der Waals surface area (Å²) in [5.74, 6) is 1.79. The van der Waals surface area contributed by atoms with Gasteiger partial charge in [-0.2, -0.15) is 9.97 Å². The second kappa shape index (κ2) is 17.2. The van der Waals surface area contributed by atoms with Crippen LogP contribution in [-0.4, -0.2) is 19.5 Å². The topological polar surface area (TPSA) is 43.6 Å². The van der Waals surface area contributed by atoms with E-state index < -0.39 is 0 Å². The Labute approximate surface area is 389 Å². The minimum Gasteiger partial charge on any atom is -0.278 e. The molecule has 0 saturated heterocycles. The molecule has 4 heteroatoms. The molecule has 0 aliphatic heterocycles. The normalized spacial score (nSPS) is 11.3. The van der Waals surface area contributed by atoms with Gasteiger partial charge in [0, 0.05) is 21.9 Å². The predicted molar refractivity (Wildman–Crippen MR) is 278 cm³/mol. The maximum absolute atomic E-state index is 5.25. The second-order valence-electron chi connectivity index (χ2n) is 16.9. The first kappa shape index (κ1) is 39.6. The molecule has 12 rings (SSSR count). The van der Waals surface area contributed by atoms with Crippen molar-refractivity contribution in [2.75, 3.05) is 0 Å². The molecule has 0 radical (unpaired) electrons. The van der Waals surface area contributed by atoms with E-state index in [-0.39, 0.29) is 0 Å². The molecule has 2 aromatic heterocycles. The van der Waals surface area contributed by atoms with Gasteiger partial charge >= 0.3 is 0 Å². The van der Waals surface area contributed by atoms with Crippen molar-refractivity contribution in [3.05, 3.63) is 255 Å². The minimum absolute atomic E-state index is 0.558. The highest BCUT2D eigenvalue weighted by atomic mass is 15.2. The molecule has 314 valence electrons. The van der Waals surface area contributed by atoms with E-state index in [0.717, 1.165) is 55.2 Å². The number of fused-ring (bicyclic) bond motifs is 3. The van der Waals surface area contributed by atoms with Gasteiger partial charge in [0.25, 0.3) is 0 Å². The smallest absolute Gasteiger partial charge is 0.238 e. The largest absolute Gasteiger partial charge is 0.278 e. The van der Waals surface area contributed by atoms with Gasteiger partial charge in [0.05, 0.1) is 11.0 Å². The quantitative estimate of drug-likeness (QED) is 0.145. The molecule has 4 nitrogen and oxygen atoms in total. The maximum Gasteiger partial charge on any atom is 0.238 e. The average Bonchev–Trinajstić information content (AvgIpc) is 3.75. The van der Waals surface area contributed by atoms with E-state index in [9.17, 15) is 0 Å². The molecule has 0 fully saturated rings. The Morgan fingerprint density at radius 3 is 0.776 bits per heavy atom. The fourth-order valence-electron chi connectivity index (χ4n) is 9.27. The van der Waals surface area contributed by atoms with Crippen molar-refractivity contribution in [3.8, 4) is 95.5 Å². The van der Waals surface area contributed by atoms with E-state index in [1.807, 2.05) is 36.4 Å². The summed E-state index contributed by atoms with van der Waals surface area (Å²) in [5.41, 5.74) is 17.8. The van der Waals surface area contributed by atoms with Gasteiger partial charge in [-0.25, -0.2) is 4.98 Å². The standard InChI is InChI=1S/C63H42N4/c1-7-19-43(20-8-1)51-35-52(44-21-9-2-10-22-44)38-55(37-51)49-31-33-59-57(41-49)58-42-50(56-39-53(45-23-11-3-12-24-45)36-54(40-56)46-25-13-4-14-26-46)32-34-60(58)67(59)63-65-61(47-27-15-5-16-28-47)64-62(66-63)48-29-17-6-18-30-48/h1-42H. The van der Waals surface area contributed by atoms with Crippen LogP contribution in [0.3, 0.4) is 0 Å². The molecular formula is C63H42N4.